The Labute approximate surface area is 117 Å². The number of hydrogen-bond acceptors (Lipinski definition) is 4. The highest BCUT2D eigenvalue weighted by atomic mass is 35.5. The van der Waals surface area contributed by atoms with Crippen molar-refractivity contribution in [1.29, 1.82) is 0 Å². The van der Waals surface area contributed by atoms with E-state index >= 15 is 0 Å². The zero-order chi connectivity index (χ0) is 13.1. The standard InChI is InChI=1S/C14H16ClN3O/c15-11-6-4-10(5-7-11)9-13-17-14(19-18-13)12-3-1-2-8-16-12/h4-7,12,16H,1-3,8-9H2. The molecule has 19 heavy (non-hydrogen) atoms. The van der Waals surface area contributed by atoms with Crippen molar-refractivity contribution in [1.82, 2.24) is 15.5 Å². The average molecular weight is 278 g/mol. The molecule has 0 aliphatic carbocycles. The first-order chi connectivity index (χ1) is 9.31. The van der Waals surface area contributed by atoms with Crippen molar-refractivity contribution in [2.75, 3.05) is 6.54 Å². The van der Waals surface area contributed by atoms with E-state index in [1.807, 2.05) is 24.3 Å². The quantitative estimate of drug-likeness (QED) is 0.936. The van der Waals surface area contributed by atoms with Crippen LogP contribution >= 0.6 is 11.6 Å². The van der Waals surface area contributed by atoms with Gasteiger partial charge in [0.1, 0.15) is 0 Å². The van der Waals surface area contributed by atoms with Gasteiger partial charge in [-0.05, 0) is 37.1 Å². The molecular formula is C14H16ClN3O. The van der Waals surface area contributed by atoms with Crippen molar-refractivity contribution in [3.63, 3.8) is 0 Å². The third-order valence-corrected chi connectivity index (χ3v) is 3.62. The zero-order valence-corrected chi connectivity index (χ0v) is 11.4. The van der Waals surface area contributed by atoms with Crippen LogP contribution in [0, 0.1) is 0 Å². The lowest BCUT2D eigenvalue weighted by molar-refractivity contribution is 0.296. The smallest absolute Gasteiger partial charge is 0.243 e. The number of aromatic nitrogens is 2. The lowest BCUT2D eigenvalue weighted by Gasteiger charge is -2.19. The molecule has 1 fully saturated rings. The molecule has 1 aromatic carbocycles. The van der Waals surface area contributed by atoms with Crippen LogP contribution in [0.3, 0.4) is 0 Å². The summed E-state index contributed by atoms with van der Waals surface area (Å²) in [7, 11) is 0. The molecule has 1 atom stereocenters. The monoisotopic (exact) mass is 277 g/mol. The Morgan fingerprint density at radius 1 is 1.26 bits per heavy atom. The summed E-state index contributed by atoms with van der Waals surface area (Å²) < 4.78 is 5.35. The molecule has 1 unspecified atom stereocenters. The van der Waals surface area contributed by atoms with Crippen LogP contribution in [0.4, 0.5) is 0 Å². The molecule has 3 rings (SSSR count). The lowest BCUT2D eigenvalue weighted by atomic mass is 10.1. The van der Waals surface area contributed by atoms with Gasteiger partial charge in [-0.25, -0.2) is 0 Å². The molecule has 1 saturated heterocycles. The Kier molecular flexibility index (Phi) is 3.80. The van der Waals surface area contributed by atoms with E-state index in [4.69, 9.17) is 16.1 Å². The average Bonchev–Trinajstić information content (AvgIpc) is 2.91. The molecular weight excluding hydrogens is 262 g/mol. The van der Waals surface area contributed by atoms with Crippen molar-refractivity contribution in [3.05, 3.63) is 46.6 Å². The highest BCUT2D eigenvalue weighted by molar-refractivity contribution is 6.30. The number of hydrogen-bond donors (Lipinski definition) is 1. The molecule has 1 aromatic heterocycles. The molecule has 2 heterocycles. The molecule has 100 valence electrons. The van der Waals surface area contributed by atoms with Gasteiger partial charge in [0.05, 0.1) is 6.04 Å². The van der Waals surface area contributed by atoms with Crippen LogP contribution in [-0.4, -0.2) is 16.7 Å². The Hall–Kier alpha value is -1.39. The molecule has 5 heteroatoms. The van der Waals surface area contributed by atoms with Gasteiger partial charge in [-0.3, -0.25) is 0 Å². The van der Waals surface area contributed by atoms with E-state index in [9.17, 15) is 0 Å². The van der Waals surface area contributed by atoms with Gasteiger partial charge in [-0.15, -0.1) is 0 Å². The number of benzene rings is 1. The molecule has 0 saturated carbocycles. The van der Waals surface area contributed by atoms with Crippen molar-refractivity contribution >= 4 is 11.6 Å². The minimum atomic E-state index is 0.222. The molecule has 0 amide bonds. The first kappa shape index (κ1) is 12.6. The van der Waals surface area contributed by atoms with E-state index in [2.05, 4.69) is 15.5 Å². The molecule has 0 radical (unpaired) electrons. The van der Waals surface area contributed by atoms with Crippen LogP contribution in [0.5, 0.6) is 0 Å². The highest BCUT2D eigenvalue weighted by Gasteiger charge is 2.20. The fourth-order valence-corrected chi connectivity index (χ4v) is 2.45. The first-order valence-corrected chi connectivity index (χ1v) is 6.99. The van der Waals surface area contributed by atoms with Gasteiger partial charge in [-0.2, -0.15) is 4.98 Å². The van der Waals surface area contributed by atoms with E-state index in [-0.39, 0.29) is 6.04 Å². The highest BCUT2D eigenvalue weighted by Crippen LogP contribution is 2.21. The minimum Gasteiger partial charge on any atom is -0.338 e. The number of piperidine rings is 1. The number of nitrogens with zero attached hydrogens (tertiary/aromatic N) is 2. The van der Waals surface area contributed by atoms with Crippen LogP contribution in [0.15, 0.2) is 28.8 Å². The maximum absolute atomic E-state index is 5.86. The van der Waals surface area contributed by atoms with Crippen molar-refractivity contribution in [2.45, 2.75) is 31.7 Å². The normalized spacial score (nSPS) is 19.5. The van der Waals surface area contributed by atoms with Gasteiger partial charge in [0.2, 0.25) is 5.89 Å². The van der Waals surface area contributed by atoms with Crippen molar-refractivity contribution in [3.8, 4) is 0 Å². The maximum atomic E-state index is 5.86. The Morgan fingerprint density at radius 3 is 2.84 bits per heavy atom. The molecule has 0 bridgehead atoms. The Morgan fingerprint density at radius 2 is 2.11 bits per heavy atom. The summed E-state index contributed by atoms with van der Waals surface area (Å²) in [6.07, 6.45) is 4.19. The molecule has 1 aliphatic heterocycles. The van der Waals surface area contributed by atoms with Crippen LogP contribution in [0.1, 0.15) is 42.6 Å². The van der Waals surface area contributed by atoms with Gasteiger partial charge < -0.3 is 9.84 Å². The summed E-state index contributed by atoms with van der Waals surface area (Å²) >= 11 is 5.86. The van der Waals surface area contributed by atoms with Gasteiger partial charge in [0, 0.05) is 11.4 Å². The van der Waals surface area contributed by atoms with Crippen LogP contribution in [-0.2, 0) is 6.42 Å². The SMILES string of the molecule is Clc1ccc(Cc2noc(C3CCCCN3)n2)cc1. The summed E-state index contributed by atoms with van der Waals surface area (Å²) in [6, 6.07) is 7.94. The number of rotatable bonds is 3. The van der Waals surface area contributed by atoms with Crippen molar-refractivity contribution < 1.29 is 4.52 Å². The van der Waals surface area contributed by atoms with Gasteiger partial charge in [0.25, 0.3) is 0 Å². The number of nitrogens with one attached hydrogen (secondary N) is 1. The van der Waals surface area contributed by atoms with Gasteiger partial charge in [0.15, 0.2) is 5.82 Å². The van der Waals surface area contributed by atoms with Crippen LogP contribution in [0.25, 0.3) is 0 Å². The van der Waals surface area contributed by atoms with Crippen LogP contribution in [0.2, 0.25) is 5.02 Å². The van der Waals surface area contributed by atoms with E-state index in [0.29, 0.717) is 12.3 Å². The van der Waals surface area contributed by atoms with Gasteiger partial charge >= 0.3 is 0 Å². The van der Waals surface area contributed by atoms with Gasteiger partial charge in [-0.1, -0.05) is 35.3 Å². The fraction of sp³-hybridized carbons (Fsp3) is 0.429. The third-order valence-electron chi connectivity index (χ3n) is 3.37. The lowest BCUT2D eigenvalue weighted by Crippen LogP contribution is -2.27. The second-order valence-electron chi connectivity index (χ2n) is 4.85. The van der Waals surface area contributed by atoms with E-state index in [1.54, 1.807) is 0 Å². The summed E-state index contributed by atoms with van der Waals surface area (Å²) in [5.74, 6) is 1.44. The van der Waals surface area contributed by atoms with Crippen molar-refractivity contribution in [2.24, 2.45) is 0 Å². The fourth-order valence-electron chi connectivity index (χ4n) is 2.33. The second kappa shape index (κ2) is 5.72. The van der Waals surface area contributed by atoms with E-state index in [1.165, 1.54) is 12.8 Å². The maximum Gasteiger partial charge on any atom is 0.243 e. The first-order valence-electron chi connectivity index (χ1n) is 6.61. The summed E-state index contributed by atoms with van der Waals surface area (Å²) in [5, 5.41) is 8.20. The molecule has 0 spiro atoms. The van der Waals surface area contributed by atoms with E-state index < -0.39 is 0 Å². The summed E-state index contributed by atoms with van der Waals surface area (Å²) in [4.78, 5) is 4.48. The topological polar surface area (TPSA) is 51.0 Å². The predicted molar refractivity (Wildman–Crippen MR) is 73.2 cm³/mol. The second-order valence-corrected chi connectivity index (χ2v) is 5.29. The Balaban J connectivity index is 1.68. The summed E-state index contributed by atoms with van der Waals surface area (Å²) in [6.45, 7) is 1.03. The molecule has 4 nitrogen and oxygen atoms in total. The van der Waals surface area contributed by atoms with E-state index in [0.717, 1.165) is 29.4 Å². The van der Waals surface area contributed by atoms with Crippen LogP contribution < -0.4 is 5.32 Å². The minimum absolute atomic E-state index is 0.222. The molecule has 2 aromatic rings. The Bertz CT molecular complexity index is 532. The molecule has 1 N–H and O–H groups in total. The zero-order valence-electron chi connectivity index (χ0n) is 10.6. The largest absolute Gasteiger partial charge is 0.338 e. The number of halogens is 1. The predicted octanol–water partition coefficient (Wildman–Crippen LogP) is 3.13. The molecule has 1 aliphatic rings. The third kappa shape index (κ3) is 3.14. The summed E-state index contributed by atoms with van der Waals surface area (Å²) in [5.41, 5.74) is 1.13.